The van der Waals surface area contributed by atoms with Crippen molar-refractivity contribution in [3.63, 3.8) is 0 Å². The van der Waals surface area contributed by atoms with Crippen LogP contribution >= 0.6 is 11.8 Å². The van der Waals surface area contributed by atoms with Gasteiger partial charge in [-0.2, -0.15) is 13.2 Å². The van der Waals surface area contributed by atoms with Crippen molar-refractivity contribution in [1.82, 2.24) is 24.5 Å². The Morgan fingerprint density at radius 2 is 2.03 bits per heavy atom. The number of methoxy groups -OCH3 is 2. The summed E-state index contributed by atoms with van der Waals surface area (Å²) in [5.74, 6) is 0.312. The zero-order valence-corrected chi connectivity index (χ0v) is 18.3. The summed E-state index contributed by atoms with van der Waals surface area (Å²) in [4.78, 5) is 12.3. The number of carbonyl (C=O) groups excluding carboxylic acids is 1. The third-order valence-corrected chi connectivity index (χ3v) is 5.24. The van der Waals surface area contributed by atoms with Crippen molar-refractivity contribution in [2.24, 2.45) is 7.05 Å². The molecule has 1 N–H and O–H groups in total. The molecular formula is C19H21F3N6O3S. The van der Waals surface area contributed by atoms with Crippen molar-refractivity contribution >= 4 is 23.4 Å². The number of anilines is 1. The highest BCUT2D eigenvalue weighted by molar-refractivity contribution is 7.99. The molecule has 0 radical (unpaired) electrons. The van der Waals surface area contributed by atoms with E-state index in [1.165, 1.54) is 19.2 Å². The number of aryl methyl sites for hydroxylation is 1. The molecule has 32 heavy (non-hydrogen) atoms. The van der Waals surface area contributed by atoms with Crippen LogP contribution < -0.4 is 10.1 Å². The highest BCUT2D eigenvalue weighted by Gasteiger charge is 2.30. The molecule has 0 aliphatic heterocycles. The van der Waals surface area contributed by atoms with Crippen molar-refractivity contribution in [1.29, 1.82) is 0 Å². The van der Waals surface area contributed by atoms with Gasteiger partial charge in [-0.05, 0) is 18.2 Å². The molecule has 1 amide bonds. The minimum Gasteiger partial charge on any atom is -0.479 e. The third-order valence-electron chi connectivity index (χ3n) is 4.27. The molecule has 9 nitrogen and oxygen atoms in total. The van der Waals surface area contributed by atoms with Gasteiger partial charge in [-0.1, -0.05) is 17.8 Å². The molecule has 2 aromatic heterocycles. The van der Waals surface area contributed by atoms with Crippen molar-refractivity contribution in [3.8, 4) is 17.3 Å². The number of halogens is 3. The molecule has 0 spiro atoms. The third kappa shape index (κ3) is 5.59. The normalized spacial score (nSPS) is 11.6. The molecule has 0 atom stereocenters. The zero-order valence-electron chi connectivity index (χ0n) is 17.5. The quantitative estimate of drug-likeness (QED) is 0.480. The fourth-order valence-electron chi connectivity index (χ4n) is 2.85. The Balaban J connectivity index is 1.74. The van der Waals surface area contributed by atoms with E-state index in [9.17, 15) is 18.0 Å². The summed E-state index contributed by atoms with van der Waals surface area (Å²) in [7, 11) is 4.80. The van der Waals surface area contributed by atoms with Gasteiger partial charge in [0.25, 0.3) is 0 Å². The molecule has 3 rings (SSSR count). The Hall–Kier alpha value is -3.06. The predicted molar refractivity (Wildman–Crippen MR) is 111 cm³/mol. The topological polar surface area (TPSA) is 96.1 Å². The number of thioether (sulfide) groups is 1. The first-order valence-electron chi connectivity index (χ1n) is 9.33. The number of amides is 1. The smallest absolute Gasteiger partial charge is 0.416 e. The van der Waals surface area contributed by atoms with Gasteiger partial charge in [0.15, 0.2) is 11.0 Å². The average molecular weight is 470 g/mol. The van der Waals surface area contributed by atoms with Gasteiger partial charge < -0.3 is 14.8 Å². The van der Waals surface area contributed by atoms with E-state index in [0.717, 1.165) is 23.9 Å². The molecule has 0 saturated heterocycles. The molecular weight excluding hydrogens is 449 g/mol. The van der Waals surface area contributed by atoms with Crippen molar-refractivity contribution in [2.45, 2.75) is 17.9 Å². The maximum absolute atomic E-state index is 12.9. The zero-order chi connectivity index (χ0) is 23.3. The predicted octanol–water partition coefficient (Wildman–Crippen LogP) is 3.08. The van der Waals surface area contributed by atoms with Gasteiger partial charge in [0.1, 0.15) is 5.56 Å². The highest BCUT2D eigenvalue weighted by Crippen LogP contribution is 2.31. The number of ether oxygens (including phenoxy) is 2. The standard InChI is InChI=1S/C19H21F3N6O3S/c1-27-10-14(17(26-27)31-3)16-24-25-18(28(16)7-8-30-2)32-11-15(29)23-13-6-4-5-12(9-13)19(20,21)22/h4-6,9-10H,7-8,11H2,1-3H3,(H,23,29). The molecule has 0 aliphatic rings. The molecule has 0 aliphatic carbocycles. The second-order valence-corrected chi connectivity index (χ2v) is 7.53. The van der Waals surface area contributed by atoms with Crippen LogP contribution in [0.1, 0.15) is 5.56 Å². The van der Waals surface area contributed by atoms with Gasteiger partial charge >= 0.3 is 6.18 Å². The molecule has 172 valence electrons. The molecule has 13 heteroatoms. The van der Waals surface area contributed by atoms with Crippen LogP contribution in [0.15, 0.2) is 35.6 Å². The van der Waals surface area contributed by atoms with E-state index in [1.54, 1.807) is 29.6 Å². The van der Waals surface area contributed by atoms with Crippen LogP contribution in [0, 0.1) is 0 Å². The first-order valence-corrected chi connectivity index (χ1v) is 10.3. The van der Waals surface area contributed by atoms with Crippen LogP contribution in [-0.2, 0) is 29.3 Å². The van der Waals surface area contributed by atoms with Crippen molar-refractivity contribution < 1.29 is 27.4 Å². The van der Waals surface area contributed by atoms with Crippen LogP contribution in [0.2, 0.25) is 0 Å². The summed E-state index contributed by atoms with van der Waals surface area (Å²) in [6.45, 7) is 0.784. The second kappa shape index (κ2) is 10.0. The number of carbonyl (C=O) groups is 1. The number of nitrogens with zero attached hydrogens (tertiary/aromatic N) is 5. The lowest BCUT2D eigenvalue weighted by Gasteiger charge is -2.11. The fraction of sp³-hybridized carbons (Fsp3) is 0.368. The minimum atomic E-state index is -4.49. The lowest BCUT2D eigenvalue weighted by atomic mass is 10.2. The summed E-state index contributed by atoms with van der Waals surface area (Å²) >= 11 is 1.10. The molecule has 0 fully saturated rings. The monoisotopic (exact) mass is 470 g/mol. The number of rotatable bonds is 9. The molecule has 0 saturated carbocycles. The van der Waals surface area contributed by atoms with Gasteiger partial charge in [0, 0.05) is 26.0 Å². The first kappa shape index (κ1) is 23.6. The van der Waals surface area contributed by atoms with E-state index in [2.05, 4.69) is 20.6 Å². The maximum atomic E-state index is 12.9. The van der Waals surface area contributed by atoms with E-state index < -0.39 is 17.6 Å². The van der Waals surface area contributed by atoms with Crippen LogP contribution in [0.5, 0.6) is 5.88 Å². The van der Waals surface area contributed by atoms with Gasteiger partial charge in [0.2, 0.25) is 11.8 Å². The largest absolute Gasteiger partial charge is 0.479 e. The van der Waals surface area contributed by atoms with Gasteiger partial charge in [-0.25, -0.2) is 0 Å². The Morgan fingerprint density at radius 3 is 2.72 bits per heavy atom. The molecule has 0 unspecified atom stereocenters. The number of hydrogen-bond acceptors (Lipinski definition) is 7. The first-order chi connectivity index (χ1) is 15.2. The SMILES string of the molecule is COCCn1c(SCC(=O)Nc2cccc(C(F)(F)F)c2)nnc1-c1cn(C)nc1OC. The van der Waals surface area contributed by atoms with Gasteiger partial charge in [-0.3, -0.25) is 14.0 Å². The fourth-order valence-corrected chi connectivity index (χ4v) is 3.62. The summed E-state index contributed by atoms with van der Waals surface area (Å²) in [5, 5.41) is 15.5. The van der Waals surface area contributed by atoms with E-state index in [-0.39, 0.29) is 11.4 Å². The number of aromatic nitrogens is 5. The molecule has 2 heterocycles. The van der Waals surface area contributed by atoms with E-state index in [0.29, 0.717) is 35.6 Å². The van der Waals surface area contributed by atoms with Crippen LogP contribution in [0.4, 0.5) is 18.9 Å². The maximum Gasteiger partial charge on any atom is 0.416 e. The van der Waals surface area contributed by atoms with Crippen molar-refractivity contribution in [2.75, 3.05) is 31.9 Å². The van der Waals surface area contributed by atoms with E-state index in [4.69, 9.17) is 9.47 Å². The number of hydrogen-bond donors (Lipinski definition) is 1. The van der Waals surface area contributed by atoms with Crippen LogP contribution in [-0.4, -0.2) is 57.0 Å². The summed E-state index contributed by atoms with van der Waals surface area (Å²) in [5.41, 5.74) is -0.150. The Morgan fingerprint density at radius 1 is 1.25 bits per heavy atom. The van der Waals surface area contributed by atoms with Crippen molar-refractivity contribution in [3.05, 3.63) is 36.0 Å². The molecule has 1 aromatic carbocycles. The lowest BCUT2D eigenvalue weighted by molar-refractivity contribution is -0.137. The van der Waals surface area contributed by atoms with E-state index >= 15 is 0 Å². The molecule has 0 bridgehead atoms. The molecule has 3 aromatic rings. The van der Waals surface area contributed by atoms with Crippen LogP contribution in [0.25, 0.3) is 11.4 Å². The van der Waals surface area contributed by atoms with E-state index in [1.807, 2.05) is 0 Å². The Kier molecular flexibility index (Phi) is 7.40. The Labute approximate surface area is 185 Å². The van der Waals surface area contributed by atoms with Gasteiger partial charge in [0.05, 0.1) is 31.6 Å². The summed E-state index contributed by atoms with van der Waals surface area (Å²) in [6.07, 6.45) is -2.75. The van der Waals surface area contributed by atoms with Gasteiger partial charge in [-0.15, -0.1) is 15.3 Å². The average Bonchev–Trinajstić information content (AvgIpc) is 3.32. The lowest BCUT2D eigenvalue weighted by Crippen LogP contribution is -2.16. The van der Waals surface area contributed by atoms with Crippen LogP contribution in [0.3, 0.4) is 0 Å². The minimum absolute atomic E-state index is 0.0621. The highest BCUT2D eigenvalue weighted by atomic mass is 32.2. The second-order valence-electron chi connectivity index (χ2n) is 6.59. The Bertz CT molecular complexity index is 1080. The number of alkyl halides is 3. The number of nitrogens with one attached hydrogen (secondary N) is 1. The number of benzene rings is 1. The summed E-state index contributed by atoms with van der Waals surface area (Å²) < 4.78 is 52.4. The summed E-state index contributed by atoms with van der Waals surface area (Å²) in [6, 6.07) is 4.46.